The number of nitrogens with zero attached hydrogens (tertiary/aromatic N) is 1. The number of thiophene rings is 1. The van der Waals surface area contributed by atoms with Gasteiger partial charge in [-0.05, 0) is 38.1 Å². The summed E-state index contributed by atoms with van der Waals surface area (Å²) < 4.78 is 0. The molecular weight excluding hydrogens is 240 g/mol. The van der Waals surface area contributed by atoms with Crippen molar-refractivity contribution < 1.29 is 0 Å². The molecule has 0 aliphatic carbocycles. The topological polar surface area (TPSA) is 15.3 Å². The normalized spacial score (nSPS) is 13.2. The highest BCUT2D eigenvalue weighted by Crippen LogP contribution is 2.23. The van der Waals surface area contributed by atoms with E-state index in [4.69, 9.17) is 0 Å². The van der Waals surface area contributed by atoms with Crippen LogP contribution in [0.4, 0.5) is 0 Å². The van der Waals surface area contributed by atoms with E-state index < -0.39 is 0 Å². The molecule has 2 nitrogen and oxygen atoms in total. The van der Waals surface area contributed by atoms with E-state index in [1.807, 2.05) is 11.3 Å². The van der Waals surface area contributed by atoms with Gasteiger partial charge in [0.1, 0.15) is 0 Å². The summed E-state index contributed by atoms with van der Waals surface area (Å²) >= 11 is 1.93. The van der Waals surface area contributed by atoms with Gasteiger partial charge >= 0.3 is 0 Å². The molecule has 18 heavy (non-hydrogen) atoms. The van der Waals surface area contributed by atoms with Gasteiger partial charge in [-0.2, -0.15) is 0 Å². The fourth-order valence-corrected chi connectivity index (χ4v) is 3.12. The maximum Gasteiger partial charge on any atom is 0.0299 e. The van der Waals surface area contributed by atoms with Gasteiger partial charge in [-0.1, -0.05) is 27.2 Å². The smallest absolute Gasteiger partial charge is 0.0299 e. The van der Waals surface area contributed by atoms with Crippen LogP contribution in [-0.2, 0) is 13.1 Å². The van der Waals surface area contributed by atoms with Gasteiger partial charge in [0.05, 0.1) is 0 Å². The van der Waals surface area contributed by atoms with E-state index >= 15 is 0 Å². The molecule has 0 saturated heterocycles. The largest absolute Gasteiger partial charge is 0.312 e. The molecule has 0 aromatic carbocycles. The van der Waals surface area contributed by atoms with Crippen molar-refractivity contribution in [3.05, 3.63) is 21.4 Å². The lowest BCUT2D eigenvalue weighted by Gasteiger charge is -2.20. The van der Waals surface area contributed by atoms with Gasteiger partial charge in [-0.15, -0.1) is 11.3 Å². The van der Waals surface area contributed by atoms with Crippen LogP contribution in [0.3, 0.4) is 0 Å². The second-order valence-corrected chi connectivity index (χ2v) is 6.63. The Bertz CT molecular complexity index is 346. The minimum atomic E-state index is 0.787. The molecule has 104 valence electrons. The third-order valence-corrected chi connectivity index (χ3v) is 4.47. The number of hydrogen-bond acceptors (Lipinski definition) is 3. The van der Waals surface area contributed by atoms with E-state index in [2.05, 4.69) is 51.0 Å². The first kappa shape index (κ1) is 15.7. The monoisotopic (exact) mass is 268 g/mol. The van der Waals surface area contributed by atoms with Gasteiger partial charge in [0.2, 0.25) is 0 Å². The Kier molecular flexibility index (Phi) is 6.90. The Morgan fingerprint density at radius 3 is 2.72 bits per heavy atom. The third-order valence-electron chi connectivity index (χ3n) is 3.38. The van der Waals surface area contributed by atoms with Crippen LogP contribution in [-0.4, -0.2) is 25.0 Å². The van der Waals surface area contributed by atoms with Crippen molar-refractivity contribution in [1.82, 2.24) is 10.2 Å². The van der Waals surface area contributed by atoms with Gasteiger partial charge < -0.3 is 10.2 Å². The third kappa shape index (κ3) is 5.09. The minimum absolute atomic E-state index is 0.787. The van der Waals surface area contributed by atoms with Gasteiger partial charge in [0.15, 0.2) is 0 Å². The molecule has 1 aromatic rings. The van der Waals surface area contributed by atoms with Gasteiger partial charge in [-0.3, -0.25) is 0 Å². The van der Waals surface area contributed by atoms with Crippen molar-refractivity contribution in [2.75, 3.05) is 20.1 Å². The van der Waals surface area contributed by atoms with Crippen molar-refractivity contribution in [2.24, 2.45) is 5.92 Å². The molecule has 0 saturated carbocycles. The predicted octanol–water partition coefficient (Wildman–Crippen LogP) is 3.64. The lowest BCUT2D eigenvalue weighted by atomic mass is 10.1. The van der Waals surface area contributed by atoms with Crippen LogP contribution in [0, 0.1) is 12.8 Å². The van der Waals surface area contributed by atoms with Crippen molar-refractivity contribution in [3.8, 4) is 0 Å². The Morgan fingerprint density at radius 2 is 2.11 bits per heavy atom. The summed E-state index contributed by atoms with van der Waals surface area (Å²) in [7, 11) is 2.23. The van der Waals surface area contributed by atoms with Gasteiger partial charge in [0.25, 0.3) is 0 Å². The Balaban J connectivity index is 2.53. The number of hydrogen-bond donors (Lipinski definition) is 1. The van der Waals surface area contributed by atoms with Crippen LogP contribution in [0.5, 0.6) is 0 Å². The maximum absolute atomic E-state index is 3.40. The van der Waals surface area contributed by atoms with Crippen molar-refractivity contribution in [3.63, 3.8) is 0 Å². The summed E-state index contributed by atoms with van der Waals surface area (Å²) in [6, 6.07) is 2.37. The maximum atomic E-state index is 3.40. The molecule has 0 bridgehead atoms. The Labute approximate surface area is 116 Å². The zero-order valence-corrected chi connectivity index (χ0v) is 13.4. The fourth-order valence-electron chi connectivity index (χ4n) is 2.10. The Morgan fingerprint density at radius 1 is 1.39 bits per heavy atom. The molecule has 1 atom stereocenters. The molecule has 0 fully saturated rings. The van der Waals surface area contributed by atoms with Crippen LogP contribution in [0.25, 0.3) is 0 Å². The number of nitrogens with one attached hydrogen (secondary N) is 1. The van der Waals surface area contributed by atoms with E-state index in [1.54, 1.807) is 0 Å². The van der Waals surface area contributed by atoms with E-state index in [-0.39, 0.29) is 0 Å². The molecule has 0 radical (unpaired) electrons. The lowest BCUT2D eigenvalue weighted by Crippen LogP contribution is -2.23. The molecule has 0 aliphatic rings. The van der Waals surface area contributed by atoms with Crippen molar-refractivity contribution in [1.29, 1.82) is 0 Å². The van der Waals surface area contributed by atoms with Crippen molar-refractivity contribution >= 4 is 11.3 Å². The van der Waals surface area contributed by atoms with Crippen LogP contribution in [0.2, 0.25) is 0 Å². The van der Waals surface area contributed by atoms with Crippen LogP contribution in [0.15, 0.2) is 6.07 Å². The summed E-state index contributed by atoms with van der Waals surface area (Å²) in [5, 5.41) is 3.40. The summed E-state index contributed by atoms with van der Waals surface area (Å²) in [4.78, 5) is 5.38. The van der Waals surface area contributed by atoms with Gasteiger partial charge in [0, 0.05) is 29.4 Å². The molecule has 3 heteroatoms. The molecule has 1 aromatic heterocycles. The lowest BCUT2D eigenvalue weighted by molar-refractivity contribution is 0.275. The van der Waals surface area contributed by atoms with E-state index in [9.17, 15) is 0 Å². The molecule has 1 N–H and O–H groups in total. The SMILES string of the molecule is CCNCc1cc(CN(C)CC(C)CC)c(C)s1. The molecule has 1 heterocycles. The first-order valence-electron chi connectivity index (χ1n) is 7.04. The summed E-state index contributed by atoms with van der Waals surface area (Å²) in [5.41, 5.74) is 1.50. The van der Waals surface area contributed by atoms with Crippen molar-refractivity contribution in [2.45, 2.75) is 47.2 Å². The molecule has 1 unspecified atom stereocenters. The minimum Gasteiger partial charge on any atom is -0.312 e. The van der Waals surface area contributed by atoms with E-state index in [0.29, 0.717) is 0 Å². The second-order valence-electron chi connectivity index (χ2n) is 5.28. The molecule has 1 rings (SSSR count). The quantitative estimate of drug-likeness (QED) is 0.774. The molecule has 0 aliphatic heterocycles. The summed E-state index contributed by atoms with van der Waals surface area (Å²) in [5.74, 6) is 0.787. The first-order chi connectivity index (χ1) is 8.56. The first-order valence-corrected chi connectivity index (χ1v) is 7.85. The zero-order valence-electron chi connectivity index (χ0n) is 12.5. The predicted molar refractivity (Wildman–Crippen MR) is 82.2 cm³/mol. The molecule has 0 amide bonds. The van der Waals surface area contributed by atoms with E-state index in [0.717, 1.165) is 25.6 Å². The van der Waals surface area contributed by atoms with Gasteiger partial charge in [-0.25, -0.2) is 0 Å². The average Bonchev–Trinajstić information content (AvgIpc) is 2.67. The number of aryl methyl sites for hydroxylation is 1. The Hall–Kier alpha value is -0.380. The van der Waals surface area contributed by atoms with Crippen LogP contribution >= 0.6 is 11.3 Å². The standard InChI is InChI=1S/C15H28N2S/c1-6-12(3)10-17(5)11-14-8-15(9-16-7-2)18-13(14)4/h8,12,16H,6-7,9-11H2,1-5H3. The second kappa shape index (κ2) is 7.93. The van der Waals surface area contributed by atoms with E-state index in [1.165, 1.54) is 28.3 Å². The zero-order chi connectivity index (χ0) is 13.5. The highest BCUT2D eigenvalue weighted by molar-refractivity contribution is 7.12. The fraction of sp³-hybridized carbons (Fsp3) is 0.733. The highest BCUT2D eigenvalue weighted by atomic mass is 32.1. The van der Waals surface area contributed by atoms with Crippen LogP contribution in [0.1, 0.15) is 42.5 Å². The molecular formula is C15H28N2S. The van der Waals surface area contributed by atoms with Crippen LogP contribution < -0.4 is 5.32 Å². The average molecular weight is 268 g/mol. The molecule has 0 spiro atoms. The highest BCUT2D eigenvalue weighted by Gasteiger charge is 2.09. The summed E-state index contributed by atoms with van der Waals surface area (Å²) in [6.45, 7) is 13.3. The number of rotatable bonds is 8. The summed E-state index contributed by atoms with van der Waals surface area (Å²) in [6.07, 6.45) is 1.26.